The summed E-state index contributed by atoms with van der Waals surface area (Å²) in [5.74, 6) is 1.65. The van der Waals surface area contributed by atoms with Gasteiger partial charge in [0.05, 0.1) is 22.3 Å². The lowest BCUT2D eigenvalue weighted by atomic mass is 10.2. The number of thiophene rings is 1. The van der Waals surface area contributed by atoms with Crippen LogP contribution in [0.2, 0.25) is 0 Å². The summed E-state index contributed by atoms with van der Waals surface area (Å²) in [4.78, 5) is 22.7. The van der Waals surface area contributed by atoms with E-state index in [1.807, 2.05) is 42.6 Å². The molecule has 0 aliphatic rings. The Labute approximate surface area is 141 Å². The minimum atomic E-state index is -0.0834. The fraction of sp³-hybridized carbons (Fsp3) is 0.176. The fourth-order valence-corrected chi connectivity index (χ4v) is 3.25. The molecule has 0 aliphatic heterocycles. The summed E-state index contributed by atoms with van der Waals surface area (Å²) in [5.41, 5.74) is 0.628. The van der Waals surface area contributed by atoms with Crippen LogP contribution in [0.25, 0.3) is 21.7 Å². The number of nitrogens with zero attached hydrogens (tertiary/aromatic N) is 4. The van der Waals surface area contributed by atoms with E-state index in [2.05, 4.69) is 15.1 Å². The lowest BCUT2D eigenvalue weighted by molar-refractivity contribution is 0.420. The van der Waals surface area contributed by atoms with Gasteiger partial charge >= 0.3 is 0 Å². The molecule has 0 fully saturated rings. The maximum Gasteiger partial charge on any atom is 0.268 e. The predicted molar refractivity (Wildman–Crippen MR) is 92.1 cm³/mol. The molecule has 24 heavy (non-hydrogen) atoms. The van der Waals surface area contributed by atoms with E-state index < -0.39 is 0 Å². The number of fused-ring (bicyclic) bond motifs is 1. The Morgan fingerprint density at radius 3 is 2.83 bits per heavy atom. The molecule has 0 saturated carbocycles. The lowest BCUT2D eigenvalue weighted by Crippen LogP contribution is -2.26. The van der Waals surface area contributed by atoms with Crippen molar-refractivity contribution in [2.75, 3.05) is 0 Å². The first-order valence-corrected chi connectivity index (χ1v) is 8.49. The monoisotopic (exact) mass is 338 g/mol. The number of benzene rings is 1. The molecule has 0 atom stereocenters. The Balaban J connectivity index is 1.77. The zero-order valence-electron chi connectivity index (χ0n) is 13.0. The van der Waals surface area contributed by atoms with Crippen molar-refractivity contribution in [2.24, 2.45) is 0 Å². The molecule has 0 spiro atoms. The molecule has 0 bridgehead atoms. The minimum Gasteiger partial charge on any atom is -0.333 e. The first-order chi connectivity index (χ1) is 11.8. The van der Waals surface area contributed by atoms with E-state index in [0.717, 1.165) is 4.88 Å². The normalized spacial score (nSPS) is 11.2. The van der Waals surface area contributed by atoms with Crippen molar-refractivity contribution in [3.05, 3.63) is 63.8 Å². The topological polar surface area (TPSA) is 73.8 Å². The average molecular weight is 338 g/mol. The van der Waals surface area contributed by atoms with E-state index in [4.69, 9.17) is 4.52 Å². The number of para-hydroxylation sites is 1. The largest absolute Gasteiger partial charge is 0.333 e. The average Bonchev–Trinajstić information content (AvgIpc) is 3.28. The Morgan fingerprint density at radius 1 is 1.17 bits per heavy atom. The highest BCUT2D eigenvalue weighted by atomic mass is 32.1. The molecule has 0 amide bonds. The van der Waals surface area contributed by atoms with Crippen LogP contribution in [-0.4, -0.2) is 19.7 Å². The van der Waals surface area contributed by atoms with Crippen LogP contribution in [0.15, 0.2) is 51.1 Å². The van der Waals surface area contributed by atoms with Gasteiger partial charge in [-0.3, -0.25) is 9.36 Å². The van der Waals surface area contributed by atoms with Crippen LogP contribution in [0, 0.1) is 0 Å². The summed E-state index contributed by atoms with van der Waals surface area (Å²) in [6.07, 6.45) is 0.649. The summed E-state index contributed by atoms with van der Waals surface area (Å²) in [6.45, 7) is 2.22. The Hall–Kier alpha value is -2.80. The summed E-state index contributed by atoms with van der Waals surface area (Å²) < 4.78 is 6.91. The third-order valence-corrected chi connectivity index (χ3v) is 4.61. The molecule has 0 aliphatic carbocycles. The van der Waals surface area contributed by atoms with Gasteiger partial charge < -0.3 is 4.52 Å². The van der Waals surface area contributed by atoms with Gasteiger partial charge in [-0.2, -0.15) is 4.98 Å². The van der Waals surface area contributed by atoms with E-state index in [-0.39, 0.29) is 12.1 Å². The van der Waals surface area contributed by atoms with Gasteiger partial charge in [-0.1, -0.05) is 30.3 Å². The standard InChI is InChI=1S/C17H14N4O2S/c1-2-15-18-12-7-4-3-6-11(12)17(22)21(15)10-14-19-16(23-20-14)13-8-5-9-24-13/h3-9H,2,10H2,1H3. The van der Waals surface area contributed by atoms with Gasteiger partial charge in [0.1, 0.15) is 5.82 Å². The SMILES string of the molecule is CCc1nc2ccccc2c(=O)n1Cc1noc(-c2cccs2)n1. The second-order valence-electron chi connectivity index (χ2n) is 5.28. The van der Waals surface area contributed by atoms with E-state index >= 15 is 0 Å². The molecule has 0 N–H and O–H groups in total. The van der Waals surface area contributed by atoms with Crippen molar-refractivity contribution in [3.63, 3.8) is 0 Å². The quantitative estimate of drug-likeness (QED) is 0.571. The van der Waals surface area contributed by atoms with Gasteiger partial charge in [-0.15, -0.1) is 11.3 Å². The minimum absolute atomic E-state index is 0.0834. The Bertz CT molecular complexity index is 1050. The van der Waals surface area contributed by atoms with E-state index in [0.29, 0.717) is 34.9 Å². The first-order valence-electron chi connectivity index (χ1n) is 7.61. The highest BCUT2D eigenvalue weighted by Gasteiger charge is 2.14. The highest BCUT2D eigenvalue weighted by molar-refractivity contribution is 7.13. The molecule has 0 radical (unpaired) electrons. The van der Waals surface area contributed by atoms with Crippen LogP contribution in [0.4, 0.5) is 0 Å². The van der Waals surface area contributed by atoms with Gasteiger partial charge in [0.25, 0.3) is 11.4 Å². The Kier molecular flexibility index (Phi) is 3.70. The molecular weight excluding hydrogens is 324 g/mol. The van der Waals surface area contributed by atoms with Crippen molar-refractivity contribution in [1.82, 2.24) is 19.7 Å². The number of hydrogen-bond donors (Lipinski definition) is 0. The Morgan fingerprint density at radius 2 is 2.04 bits per heavy atom. The summed E-state index contributed by atoms with van der Waals surface area (Å²) in [5, 5.41) is 6.54. The molecule has 6 nitrogen and oxygen atoms in total. The van der Waals surface area contributed by atoms with E-state index in [1.165, 1.54) is 11.3 Å². The lowest BCUT2D eigenvalue weighted by Gasteiger charge is -2.10. The van der Waals surface area contributed by atoms with Gasteiger partial charge in [0, 0.05) is 6.42 Å². The number of hydrogen-bond acceptors (Lipinski definition) is 6. The number of rotatable bonds is 4. The summed E-state index contributed by atoms with van der Waals surface area (Å²) in [7, 11) is 0. The first kappa shape index (κ1) is 14.8. The fourth-order valence-electron chi connectivity index (χ4n) is 2.61. The smallest absolute Gasteiger partial charge is 0.268 e. The van der Waals surface area contributed by atoms with Gasteiger partial charge in [0.15, 0.2) is 5.82 Å². The van der Waals surface area contributed by atoms with E-state index in [1.54, 1.807) is 10.6 Å². The molecule has 120 valence electrons. The van der Waals surface area contributed by atoms with Crippen molar-refractivity contribution in [3.8, 4) is 10.8 Å². The molecule has 1 aromatic carbocycles. The van der Waals surface area contributed by atoms with Crippen LogP contribution in [0.1, 0.15) is 18.6 Å². The van der Waals surface area contributed by atoms with Gasteiger partial charge in [0.2, 0.25) is 0 Å². The molecule has 7 heteroatoms. The number of aryl methyl sites for hydroxylation is 1. The van der Waals surface area contributed by atoms with Crippen LogP contribution >= 0.6 is 11.3 Å². The highest BCUT2D eigenvalue weighted by Crippen LogP contribution is 2.22. The van der Waals surface area contributed by atoms with Crippen molar-refractivity contribution < 1.29 is 4.52 Å². The molecule has 3 heterocycles. The molecule has 0 saturated heterocycles. The van der Waals surface area contributed by atoms with Crippen molar-refractivity contribution in [2.45, 2.75) is 19.9 Å². The molecule has 4 aromatic rings. The van der Waals surface area contributed by atoms with Crippen molar-refractivity contribution in [1.29, 1.82) is 0 Å². The second kappa shape index (κ2) is 6.01. The zero-order valence-corrected chi connectivity index (χ0v) is 13.8. The van der Waals surface area contributed by atoms with Crippen LogP contribution < -0.4 is 5.56 Å². The third-order valence-electron chi connectivity index (χ3n) is 3.76. The number of aromatic nitrogens is 4. The maximum atomic E-state index is 12.8. The van der Waals surface area contributed by atoms with Crippen molar-refractivity contribution >= 4 is 22.2 Å². The summed E-state index contributed by atoms with van der Waals surface area (Å²) >= 11 is 1.53. The molecule has 4 rings (SSSR count). The van der Waals surface area contributed by atoms with E-state index in [9.17, 15) is 4.79 Å². The van der Waals surface area contributed by atoms with Crippen LogP contribution in [0.3, 0.4) is 0 Å². The second-order valence-corrected chi connectivity index (χ2v) is 6.23. The molecular formula is C17H14N4O2S. The summed E-state index contributed by atoms with van der Waals surface area (Å²) in [6, 6.07) is 11.2. The maximum absolute atomic E-state index is 12.8. The molecule has 0 unspecified atom stereocenters. The van der Waals surface area contributed by atoms with Gasteiger partial charge in [-0.05, 0) is 23.6 Å². The predicted octanol–water partition coefficient (Wildman–Crippen LogP) is 3.12. The third kappa shape index (κ3) is 2.52. The zero-order chi connectivity index (χ0) is 16.5. The van der Waals surface area contributed by atoms with Crippen LogP contribution in [0.5, 0.6) is 0 Å². The van der Waals surface area contributed by atoms with Crippen LogP contribution in [-0.2, 0) is 13.0 Å². The van der Waals surface area contributed by atoms with Gasteiger partial charge in [-0.25, -0.2) is 4.98 Å². The molecule has 3 aromatic heterocycles.